The maximum absolute atomic E-state index is 12.2. The highest BCUT2D eigenvalue weighted by Gasteiger charge is 2.39. The first kappa shape index (κ1) is 34.5. The highest BCUT2D eigenvalue weighted by atomic mass is 16.6. The van der Waals surface area contributed by atoms with Gasteiger partial charge in [0.15, 0.2) is 0 Å². The lowest BCUT2D eigenvalue weighted by molar-refractivity contribution is -0.0177. The molecule has 0 saturated carbocycles. The van der Waals surface area contributed by atoms with Gasteiger partial charge in [-0.3, -0.25) is 0 Å². The normalized spacial score (nSPS) is 19.5. The largest absolute Gasteiger partial charge is 0.445 e. The van der Waals surface area contributed by atoms with Crippen LogP contribution in [0.5, 0.6) is 0 Å². The predicted molar refractivity (Wildman–Crippen MR) is 180 cm³/mol. The van der Waals surface area contributed by atoms with Crippen LogP contribution in [0.25, 0.3) is 0 Å². The Morgan fingerprint density at radius 3 is 1.43 bits per heavy atom. The van der Waals surface area contributed by atoms with Crippen molar-refractivity contribution in [1.82, 2.24) is 20.0 Å². The fourth-order valence-electron chi connectivity index (χ4n) is 6.66. The number of nitrogens with zero attached hydrogens (tertiary/aromatic N) is 3. The minimum Gasteiger partial charge on any atom is -0.445 e. The van der Waals surface area contributed by atoms with E-state index in [9.17, 15) is 14.4 Å². The van der Waals surface area contributed by atoms with Crippen LogP contribution in [0.15, 0.2) is 60.7 Å². The van der Waals surface area contributed by atoms with Gasteiger partial charge in [0.25, 0.3) is 0 Å². The van der Waals surface area contributed by atoms with Crippen LogP contribution in [0.4, 0.5) is 14.4 Å². The monoisotopic (exact) mass is 648 g/mol. The third-order valence-electron chi connectivity index (χ3n) is 9.71. The zero-order valence-corrected chi connectivity index (χ0v) is 28.3. The number of likely N-dealkylation sites (tertiary alicyclic amines) is 3. The van der Waals surface area contributed by atoms with E-state index in [0.717, 1.165) is 101 Å². The predicted octanol–water partition coefficient (Wildman–Crippen LogP) is 6.16. The van der Waals surface area contributed by atoms with Crippen molar-refractivity contribution in [3.05, 3.63) is 71.8 Å². The van der Waals surface area contributed by atoms with Crippen molar-refractivity contribution in [3.63, 3.8) is 0 Å². The van der Waals surface area contributed by atoms with Gasteiger partial charge in [-0.2, -0.15) is 0 Å². The first-order chi connectivity index (χ1) is 22.6. The lowest BCUT2D eigenvalue weighted by Gasteiger charge is -2.45. The van der Waals surface area contributed by atoms with Crippen molar-refractivity contribution in [2.45, 2.75) is 65.3 Å². The summed E-state index contributed by atoms with van der Waals surface area (Å²) in [5.41, 5.74) is 1.59. The van der Waals surface area contributed by atoms with Crippen LogP contribution in [-0.2, 0) is 27.4 Å². The number of carbonyl (C=O) groups is 3. The summed E-state index contributed by atoms with van der Waals surface area (Å²) in [5.74, 6) is 2.69. The van der Waals surface area contributed by atoms with Crippen LogP contribution in [-0.4, -0.2) is 90.9 Å². The Morgan fingerprint density at radius 1 is 0.617 bits per heavy atom. The second-order valence-electron chi connectivity index (χ2n) is 14.3. The molecule has 2 aromatic rings. The number of amides is 3. The van der Waals surface area contributed by atoms with Gasteiger partial charge in [0.05, 0.1) is 0 Å². The highest BCUT2D eigenvalue weighted by molar-refractivity contribution is 5.69. The Labute approximate surface area is 279 Å². The summed E-state index contributed by atoms with van der Waals surface area (Å²) in [4.78, 5) is 41.7. The Kier molecular flexibility index (Phi) is 12.0. The molecule has 47 heavy (non-hydrogen) atoms. The second kappa shape index (κ2) is 16.4. The van der Waals surface area contributed by atoms with Crippen LogP contribution < -0.4 is 5.32 Å². The smallest absolute Gasteiger partial charge is 0.410 e. The summed E-state index contributed by atoms with van der Waals surface area (Å²) in [5, 5.41) is 3.33. The molecule has 0 radical (unpaired) electrons. The van der Waals surface area contributed by atoms with Gasteiger partial charge in [-0.25, -0.2) is 14.4 Å². The van der Waals surface area contributed by atoms with Crippen LogP contribution in [0.1, 0.15) is 57.6 Å². The van der Waals surface area contributed by atoms with Crippen molar-refractivity contribution in [3.8, 4) is 0 Å². The topological polar surface area (TPSA) is 101 Å². The van der Waals surface area contributed by atoms with Gasteiger partial charge in [0, 0.05) is 39.3 Å². The highest BCUT2D eigenvalue weighted by Crippen LogP contribution is 2.33. The minimum absolute atomic E-state index is 0.168. The van der Waals surface area contributed by atoms with Crippen molar-refractivity contribution >= 4 is 18.3 Å². The number of ether oxygens (including phenoxy) is 3. The van der Waals surface area contributed by atoms with Crippen LogP contribution in [0, 0.1) is 23.7 Å². The minimum atomic E-state index is -0.451. The second-order valence-corrected chi connectivity index (χ2v) is 14.3. The average molecular weight is 649 g/mol. The van der Waals surface area contributed by atoms with Crippen LogP contribution in [0.3, 0.4) is 0 Å². The Morgan fingerprint density at radius 2 is 1.04 bits per heavy atom. The van der Waals surface area contributed by atoms with E-state index in [1.165, 1.54) is 0 Å². The molecule has 0 aliphatic carbocycles. The van der Waals surface area contributed by atoms with Gasteiger partial charge in [-0.05, 0) is 94.3 Å². The summed E-state index contributed by atoms with van der Waals surface area (Å²) < 4.78 is 16.2. The lowest BCUT2D eigenvalue weighted by atomic mass is 9.80. The quantitative estimate of drug-likeness (QED) is 0.375. The summed E-state index contributed by atoms with van der Waals surface area (Å²) in [7, 11) is 0. The van der Waals surface area contributed by atoms with E-state index in [2.05, 4.69) is 5.32 Å². The standard InChI is InChI=1S/C21H30N2O4.C16H22N2O2/c1-21(2,3)27-20(25)23-13-18(14-23)17-9-11-22(12-10-17)19(24)26-15-16-7-5-4-6-8-16;19-16(20-12-13-4-2-1-3-5-13)18-8-6-14(7-9-18)15-10-17-11-15/h4-8,17-18H,9-15H2,1-3H3;1-5,14-15,17H,6-12H2. The van der Waals surface area contributed by atoms with E-state index in [4.69, 9.17) is 14.2 Å². The Hall–Kier alpha value is -3.79. The molecule has 4 fully saturated rings. The van der Waals surface area contributed by atoms with Crippen molar-refractivity contribution < 1.29 is 28.6 Å². The fourth-order valence-corrected chi connectivity index (χ4v) is 6.66. The number of rotatable bonds is 6. The number of piperidine rings is 2. The summed E-state index contributed by atoms with van der Waals surface area (Å²) >= 11 is 0. The summed E-state index contributed by atoms with van der Waals surface area (Å²) in [6.07, 6.45) is 3.54. The molecule has 6 rings (SSSR count). The maximum Gasteiger partial charge on any atom is 0.410 e. The van der Waals surface area contributed by atoms with Crippen molar-refractivity contribution in [1.29, 1.82) is 0 Å². The van der Waals surface area contributed by atoms with Gasteiger partial charge in [0.2, 0.25) is 0 Å². The molecular weight excluding hydrogens is 596 g/mol. The number of benzene rings is 2. The maximum atomic E-state index is 12.2. The Balaban J connectivity index is 0.000000193. The third kappa shape index (κ3) is 10.3. The zero-order valence-electron chi connectivity index (χ0n) is 28.3. The van der Waals surface area contributed by atoms with Gasteiger partial charge in [-0.15, -0.1) is 0 Å². The summed E-state index contributed by atoms with van der Waals surface area (Å²) in [6.45, 7) is 13.3. The van der Waals surface area contributed by atoms with E-state index >= 15 is 0 Å². The van der Waals surface area contributed by atoms with E-state index < -0.39 is 5.60 Å². The molecule has 0 unspecified atom stereocenters. The number of hydrogen-bond donors (Lipinski definition) is 1. The molecule has 4 heterocycles. The molecule has 1 N–H and O–H groups in total. The third-order valence-corrected chi connectivity index (χ3v) is 9.71. The van der Waals surface area contributed by atoms with Gasteiger partial charge in [0.1, 0.15) is 18.8 Å². The molecule has 3 amide bonds. The van der Waals surface area contributed by atoms with Gasteiger partial charge >= 0.3 is 18.3 Å². The van der Waals surface area contributed by atoms with Crippen LogP contribution in [0.2, 0.25) is 0 Å². The molecule has 0 bridgehead atoms. The van der Waals surface area contributed by atoms with Gasteiger partial charge < -0.3 is 34.2 Å². The molecule has 0 atom stereocenters. The molecule has 256 valence electrons. The number of hydrogen-bond acceptors (Lipinski definition) is 7. The first-order valence-corrected chi connectivity index (χ1v) is 17.2. The van der Waals surface area contributed by atoms with E-state index in [1.54, 1.807) is 9.80 Å². The van der Waals surface area contributed by atoms with Gasteiger partial charge in [-0.1, -0.05) is 60.7 Å². The molecule has 4 aliphatic rings. The molecular formula is C37H52N4O6. The number of nitrogens with one attached hydrogen (secondary N) is 1. The van der Waals surface area contributed by atoms with Crippen molar-refractivity contribution in [2.24, 2.45) is 23.7 Å². The molecule has 4 aliphatic heterocycles. The van der Waals surface area contributed by atoms with E-state index in [-0.39, 0.29) is 18.3 Å². The van der Waals surface area contributed by atoms with Crippen LogP contribution >= 0.6 is 0 Å². The first-order valence-electron chi connectivity index (χ1n) is 17.2. The molecule has 10 nitrogen and oxygen atoms in total. The molecule has 4 saturated heterocycles. The fraction of sp³-hybridized carbons (Fsp3) is 0.595. The summed E-state index contributed by atoms with van der Waals surface area (Å²) in [6, 6.07) is 19.6. The van der Waals surface area contributed by atoms with Crippen molar-refractivity contribution in [2.75, 3.05) is 52.4 Å². The molecule has 0 aromatic heterocycles. The van der Waals surface area contributed by atoms with E-state index in [1.807, 2.05) is 86.3 Å². The SMILES string of the molecule is CC(C)(C)OC(=O)N1CC(C2CCN(C(=O)OCc3ccccc3)CC2)C1.O=C(OCc1ccccc1)N1CCC(C2CNC2)CC1. The zero-order chi connectivity index (χ0) is 33.2. The lowest BCUT2D eigenvalue weighted by Crippen LogP contribution is -2.55. The molecule has 0 spiro atoms. The number of carbonyl (C=O) groups excluding carboxylic acids is 3. The van der Waals surface area contributed by atoms with E-state index in [0.29, 0.717) is 25.0 Å². The molecule has 2 aromatic carbocycles. The molecule has 10 heteroatoms. The Bertz CT molecular complexity index is 1280. The average Bonchev–Trinajstić information content (AvgIpc) is 3.02.